The highest BCUT2D eigenvalue weighted by molar-refractivity contribution is 5.49. The lowest BCUT2D eigenvalue weighted by Gasteiger charge is -2.16. The Morgan fingerprint density at radius 2 is 1.84 bits per heavy atom. The van der Waals surface area contributed by atoms with Crippen LogP contribution in [0.3, 0.4) is 0 Å². The summed E-state index contributed by atoms with van der Waals surface area (Å²) in [6, 6.07) is 14.3. The summed E-state index contributed by atoms with van der Waals surface area (Å²) >= 11 is 0. The van der Waals surface area contributed by atoms with Crippen LogP contribution in [0.2, 0.25) is 0 Å². The Morgan fingerprint density at radius 1 is 1.16 bits per heavy atom. The van der Waals surface area contributed by atoms with E-state index in [4.69, 9.17) is 5.26 Å². The number of hydrogen-bond acceptors (Lipinski definition) is 2. The highest BCUT2D eigenvalue weighted by Crippen LogP contribution is 2.22. The van der Waals surface area contributed by atoms with Crippen LogP contribution in [0, 0.1) is 24.1 Å². The van der Waals surface area contributed by atoms with Crippen LogP contribution in [-0.2, 0) is 0 Å². The first kappa shape index (κ1) is 13.1. The van der Waals surface area contributed by atoms with Crippen LogP contribution in [0.15, 0.2) is 42.5 Å². The van der Waals surface area contributed by atoms with Crippen molar-refractivity contribution < 1.29 is 4.39 Å². The van der Waals surface area contributed by atoms with Gasteiger partial charge in [-0.25, -0.2) is 4.39 Å². The monoisotopic (exact) mass is 254 g/mol. The zero-order chi connectivity index (χ0) is 13.8. The first-order valence-corrected chi connectivity index (χ1v) is 6.13. The molecule has 19 heavy (non-hydrogen) atoms. The summed E-state index contributed by atoms with van der Waals surface area (Å²) in [6.07, 6.45) is 0. The summed E-state index contributed by atoms with van der Waals surface area (Å²) in [4.78, 5) is 0. The molecule has 0 aliphatic rings. The molecule has 1 atom stereocenters. The van der Waals surface area contributed by atoms with Crippen LogP contribution in [0.4, 0.5) is 10.1 Å². The molecular weight excluding hydrogens is 239 g/mol. The smallest absolute Gasteiger partial charge is 0.146 e. The number of benzene rings is 2. The Kier molecular flexibility index (Phi) is 3.82. The highest BCUT2D eigenvalue weighted by Gasteiger charge is 2.08. The molecule has 2 aromatic rings. The molecule has 0 spiro atoms. The van der Waals surface area contributed by atoms with Crippen LogP contribution in [0.25, 0.3) is 0 Å². The van der Waals surface area contributed by atoms with Gasteiger partial charge >= 0.3 is 0 Å². The summed E-state index contributed by atoms with van der Waals surface area (Å²) in [6.45, 7) is 3.89. The van der Waals surface area contributed by atoms with E-state index in [-0.39, 0.29) is 11.9 Å². The van der Waals surface area contributed by atoms with Crippen molar-refractivity contribution in [2.24, 2.45) is 0 Å². The molecule has 2 nitrogen and oxygen atoms in total. The lowest BCUT2D eigenvalue weighted by molar-refractivity contribution is 0.627. The molecule has 0 heterocycles. The van der Waals surface area contributed by atoms with Gasteiger partial charge < -0.3 is 5.32 Å². The van der Waals surface area contributed by atoms with Gasteiger partial charge in [-0.2, -0.15) is 5.26 Å². The molecule has 0 saturated carbocycles. The molecule has 0 radical (unpaired) electrons. The number of nitriles is 1. The number of nitrogens with zero attached hydrogens (tertiary/aromatic N) is 1. The Bertz CT molecular complexity index is 612. The predicted octanol–water partition coefficient (Wildman–Crippen LogP) is 4.18. The maximum atomic E-state index is 13.7. The predicted molar refractivity (Wildman–Crippen MR) is 74.3 cm³/mol. The Labute approximate surface area is 112 Å². The number of aryl methyl sites for hydroxylation is 1. The molecule has 0 amide bonds. The van der Waals surface area contributed by atoms with Crippen molar-refractivity contribution in [1.29, 1.82) is 5.26 Å². The second-order valence-corrected chi connectivity index (χ2v) is 4.58. The number of hydrogen-bond donors (Lipinski definition) is 1. The van der Waals surface area contributed by atoms with Gasteiger partial charge in [-0.05, 0) is 49.2 Å². The van der Waals surface area contributed by atoms with Crippen LogP contribution in [0.5, 0.6) is 0 Å². The minimum Gasteiger partial charge on any atom is -0.376 e. The third-order valence-corrected chi connectivity index (χ3v) is 3.03. The third kappa shape index (κ3) is 3.11. The zero-order valence-corrected chi connectivity index (χ0v) is 10.9. The molecule has 2 rings (SSSR count). The maximum Gasteiger partial charge on any atom is 0.146 e. The number of rotatable bonds is 3. The summed E-state index contributed by atoms with van der Waals surface area (Å²) in [5.74, 6) is -0.258. The molecule has 3 heteroatoms. The van der Waals surface area contributed by atoms with E-state index in [9.17, 15) is 4.39 Å². The van der Waals surface area contributed by atoms with Gasteiger partial charge in [0.1, 0.15) is 5.82 Å². The normalized spacial score (nSPS) is 11.7. The third-order valence-electron chi connectivity index (χ3n) is 3.03. The molecule has 0 bridgehead atoms. The van der Waals surface area contributed by atoms with Crippen molar-refractivity contribution in [3.8, 4) is 6.07 Å². The molecule has 0 aliphatic carbocycles. The van der Waals surface area contributed by atoms with E-state index < -0.39 is 0 Å². The molecule has 1 unspecified atom stereocenters. The summed E-state index contributed by atoms with van der Waals surface area (Å²) in [7, 11) is 0. The van der Waals surface area contributed by atoms with E-state index in [0.29, 0.717) is 11.3 Å². The van der Waals surface area contributed by atoms with Crippen molar-refractivity contribution in [3.05, 3.63) is 65.0 Å². The van der Waals surface area contributed by atoms with Crippen molar-refractivity contribution in [3.63, 3.8) is 0 Å². The van der Waals surface area contributed by atoms with Gasteiger partial charge in [0.05, 0.1) is 17.3 Å². The van der Waals surface area contributed by atoms with Crippen LogP contribution in [0.1, 0.15) is 29.7 Å². The minimum atomic E-state index is -0.258. The van der Waals surface area contributed by atoms with Crippen LogP contribution >= 0.6 is 0 Å². The van der Waals surface area contributed by atoms with E-state index in [1.165, 1.54) is 6.07 Å². The minimum absolute atomic E-state index is 0.0240. The Balaban J connectivity index is 2.18. The molecular formula is C16H15FN2. The van der Waals surface area contributed by atoms with E-state index >= 15 is 0 Å². The Morgan fingerprint density at radius 3 is 2.47 bits per heavy atom. The van der Waals surface area contributed by atoms with E-state index in [2.05, 4.69) is 11.4 Å². The molecule has 0 saturated heterocycles. The second kappa shape index (κ2) is 5.53. The van der Waals surface area contributed by atoms with Crippen LogP contribution < -0.4 is 5.32 Å². The fourth-order valence-electron chi connectivity index (χ4n) is 1.91. The van der Waals surface area contributed by atoms with Gasteiger partial charge in [-0.1, -0.05) is 18.2 Å². The van der Waals surface area contributed by atoms with Gasteiger partial charge in [0, 0.05) is 6.04 Å². The van der Waals surface area contributed by atoms with E-state index in [0.717, 1.165) is 11.1 Å². The second-order valence-electron chi connectivity index (χ2n) is 4.58. The first-order valence-electron chi connectivity index (χ1n) is 6.13. The maximum absolute atomic E-state index is 13.7. The first-order chi connectivity index (χ1) is 9.10. The number of nitrogens with one attached hydrogen (secondary N) is 1. The van der Waals surface area contributed by atoms with E-state index in [1.54, 1.807) is 24.3 Å². The molecule has 96 valence electrons. The molecule has 0 aromatic heterocycles. The molecule has 0 aliphatic heterocycles. The van der Waals surface area contributed by atoms with Crippen molar-refractivity contribution in [2.75, 3.05) is 5.32 Å². The van der Waals surface area contributed by atoms with Gasteiger partial charge in [-0.15, -0.1) is 0 Å². The van der Waals surface area contributed by atoms with Crippen LogP contribution in [-0.4, -0.2) is 0 Å². The SMILES string of the molecule is Cc1ccc(F)c(NC(C)c2ccc(C#N)cc2)c1. The number of halogens is 1. The summed E-state index contributed by atoms with van der Waals surface area (Å²) in [5, 5.41) is 11.9. The average Bonchev–Trinajstić information content (AvgIpc) is 2.43. The molecule has 0 fully saturated rings. The van der Waals surface area contributed by atoms with Crippen molar-refractivity contribution >= 4 is 5.69 Å². The fraction of sp³-hybridized carbons (Fsp3) is 0.188. The standard InChI is InChI=1S/C16H15FN2/c1-11-3-8-15(17)16(9-11)19-12(2)14-6-4-13(10-18)5-7-14/h3-9,12,19H,1-2H3. The topological polar surface area (TPSA) is 35.8 Å². The lowest BCUT2D eigenvalue weighted by Crippen LogP contribution is -2.08. The van der Waals surface area contributed by atoms with Gasteiger partial charge in [0.15, 0.2) is 0 Å². The molecule has 2 aromatic carbocycles. The summed E-state index contributed by atoms with van der Waals surface area (Å²) < 4.78 is 13.7. The lowest BCUT2D eigenvalue weighted by atomic mass is 10.1. The largest absolute Gasteiger partial charge is 0.376 e. The fourth-order valence-corrected chi connectivity index (χ4v) is 1.91. The van der Waals surface area contributed by atoms with Crippen molar-refractivity contribution in [1.82, 2.24) is 0 Å². The molecule has 1 N–H and O–H groups in total. The highest BCUT2D eigenvalue weighted by atomic mass is 19.1. The number of anilines is 1. The quantitative estimate of drug-likeness (QED) is 0.891. The Hall–Kier alpha value is -2.34. The average molecular weight is 254 g/mol. The zero-order valence-electron chi connectivity index (χ0n) is 10.9. The van der Waals surface area contributed by atoms with Gasteiger partial charge in [0.2, 0.25) is 0 Å². The summed E-state index contributed by atoms with van der Waals surface area (Å²) in [5.41, 5.74) is 3.14. The van der Waals surface area contributed by atoms with Gasteiger partial charge in [0.25, 0.3) is 0 Å². The van der Waals surface area contributed by atoms with E-state index in [1.807, 2.05) is 26.0 Å². The van der Waals surface area contributed by atoms with Crippen molar-refractivity contribution in [2.45, 2.75) is 19.9 Å². The van der Waals surface area contributed by atoms with Gasteiger partial charge in [-0.3, -0.25) is 0 Å².